The molecule has 0 radical (unpaired) electrons. The lowest BCUT2D eigenvalue weighted by Gasteiger charge is -2.29. The third kappa shape index (κ3) is 3.48. The van der Waals surface area contributed by atoms with Crippen molar-refractivity contribution in [1.82, 2.24) is 4.90 Å². The maximum absolute atomic E-state index is 12.7. The Bertz CT molecular complexity index is 581. The average Bonchev–Trinajstić information content (AvgIpc) is 2.86. The number of carboxylic acids is 1. The summed E-state index contributed by atoms with van der Waals surface area (Å²) >= 11 is 9.66. The Kier molecular flexibility index (Phi) is 5.43. The number of carbonyl (C=O) groups is 2. The van der Waals surface area contributed by atoms with Gasteiger partial charge in [0.2, 0.25) is 0 Å². The molecule has 4 nitrogen and oxygen atoms in total. The van der Waals surface area contributed by atoms with Crippen LogP contribution in [0.3, 0.4) is 0 Å². The van der Waals surface area contributed by atoms with Gasteiger partial charge in [0, 0.05) is 14.9 Å². The molecule has 2 rings (SSSR count). The van der Waals surface area contributed by atoms with Crippen molar-refractivity contribution >= 4 is 57.8 Å². The van der Waals surface area contributed by atoms with Crippen LogP contribution in [0.2, 0.25) is 5.02 Å². The fourth-order valence-corrected chi connectivity index (χ4v) is 4.25. The summed E-state index contributed by atoms with van der Waals surface area (Å²) in [7, 11) is 0. The summed E-state index contributed by atoms with van der Waals surface area (Å²) in [5.74, 6) is -0.634. The van der Waals surface area contributed by atoms with E-state index in [1.165, 1.54) is 16.7 Å². The van der Waals surface area contributed by atoms with Gasteiger partial charge in [0.15, 0.2) is 0 Å². The first kappa shape index (κ1) is 16.9. The van der Waals surface area contributed by atoms with Crippen molar-refractivity contribution in [3.8, 4) is 0 Å². The zero-order valence-corrected chi connectivity index (χ0v) is 15.3. The van der Waals surface area contributed by atoms with Gasteiger partial charge in [-0.15, -0.1) is 11.8 Å². The SMILES string of the molecule is CC(C)C1SCC(C(=O)O)N1C(=O)c1ccc(I)c(Cl)c1. The molecule has 0 aliphatic carbocycles. The molecule has 1 aromatic carbocycles. The molecule has 2 unspecified atom stereocenters. The van der Waals surface area contributed by atoms with E-state index in [1.807, 2.05) is 13.8 Å². The number of nitrogens with zero attached hydrogens (tertiary/aromatic N) is 1. The Balaban J connectivity index is 2.36. The van der Waals surface area contributed by atoms with Crippen molar-refractivity contribution in [3.05, 3.63) is 32.4 Å². The summed E-state index contributed by atoms with van der Waals surface area (Å²) in [5.41, 5.74) is 0.430. The molecule has 21 heavy (non-hydrogen) atoms. The van der Waals surface area contributed by atoms with E-state index >= 15 is 0 Å². The normalized spacial score (nSPS) is 21.9. The lowest BCUT2D eigenvalue weighted by molar-refractivity contribution is -0.141. The first-order valence-electron chi connectivity index (χ1n) is 6.45. The van der Waals surface area contributed by atoms with Crippen LogP contribution in [0.25, 0.3) is 0 Å². The minimum Gasteiger partial charge on any atom is -0.480 e. The van der Waals surface area contributed by atoms with Crippen LogP contribution in [0.5, 0.6) is 0 Å². The Morgan fingerprint density at radius 2 is 2.14 bits per heavy atom. The summed E-state index contributed by atoms with van der Waals surface area (Å²) in [4.78, 5) is 25.6. The molecule has 0 spiro atoms. The van der Waals surface area contributed by atoms with Crippen LogP contribution in [-0.4, -0.2) is 39.1 Å². The number of hydrogen-bond donors (Lipinski definition) is 1. The maximum Gasteiger partial charge on any atom is 0.327 e. The predicted octanol–water partition coefficient (Wildman–Crippen LogP) is 3.57. The number of aliphatic carboxylic acids is 1. The summed E-state index contributed by atoms with van der Waals surface area (Å²) in [6.45, 7) is 3.98. The highest BCUT2D eigenvalue weighted by Gasteiger charge is 2.43. The van der Waals surface area contributed by atoms with E-state index in [2.05, 4.69) is 22.6 Å². The van der Waals surface area contributed by atoms with Crippen LogP contribution in [0.1, 0.15) is 24.2 Å². The van der Waals surface area contributed by atoms with E-state index < -0.39 is 12.0 Å². The van der Waals surface area contributed by atoms with Crippen LogP contribution in [-0.2, 0) is 4.79 Å². The fourth-order valence-electron chi connectivity index (χ4n) is 2.27. The zero-order chi connectivity index (χ0) is 15.7. The number of carboxylic acid groups (broad SMARTS) is 1. The first-order chi connectivity index (χ1) is 9.82. The van der Waals surface area contributed by atoms with Gasteiger partial charge in [-0.2, -0.15) is 0 Å². The predicted molar refractivity (Wildman–Crippen MR) is 92.8 cm³/mol. The maximum atomic E-state index is 12.7. The van der Waals surface area contributed by atoms with E-state index in [4.69, 9.17) is 11.6 Å². The second kappa shape index (κ2) is 6.75. The molecule has 1 amide bonds. The number of benzene rings is 1. The van der Waals surface area contributed by atoms with Gasteiger partial charge in [-0.05, 0) is 46.7 Å². The van der Waals surface area contributed by atoms with Gasteiger partial charge in [-0.25, -0.2) is 4.79 Å². The smallest absolute Gasteiger partial charge is 0.327 e. The van der Waals surface area contributed by atoms with Gasteiger partial charge >= 0.3 is 5.97 Å². The molecule has 0 saturated carbocycles. The van der Waals surface area contributed by atoms with Crippen molar-refractivity contribution in [2.75, 3.05) is 5.75 Å². The van der Waals surface area contributed by atoms with Crippen molar-refractivity contribution in [1.29, 1.82) is 0 Å². The molecular formula is C14H15ClINO3S. The van der Waals surface area contributed by atoms with E-state index in [1.54, 1.807) is 18.2 Å². The Hall–Kier alpha value is -0.470. The lowest BCUT2D eigenvalue weighted by atomic mass is 10.1. The molecule has 1 fully saturated rings. The number of amides is 1. The van der Waals surface area contributed by atoms with Gasteiger partial charge in [-0.1, -0.05) is 25.4 Å². The zero-order valence-electron chi connectivity index (χ0n) is 11.5. The van der Waals surface area contributed by atoms with Gasteiger partial charge in [-0.3, -0.25) is 4.79 Å². The molecule has 1 aromatic rings. The Labute approximate surface area is 146 Å². The van der Waals surface area contributed by atoms with Crippen molar-refractivity contribution in [2.45, 2.75) is 25.3 Å². The second-order valence-corrected chi connectivity index (χ2v) is 7.88. The second-order valence-electron chi connectivity index (χ2n) is 5.16. The number of hydrogen-bond acceptors (Lipinski definition) is 3. The lowest BCUT2D eigenvalue weighted by Crippen LogP contribution is -2.47. The molecule has 114 valence electrons. The molecule has 0 aromatic heterocycles. The molecule has 1 aliphatic rings. The van der Waals surface area contributed by atoms with Gasteiger partial charge in [0.25, 0.3) is 5.91 Å². The first-order valence-corrected chi connectivity index (χ1v) is 8.95. The molecule has 2 atom stereocenters. The average molecular weight is 440 g/mol. The number of rotatable bonds is 3. The van der Waals surface area contributed by atoms with Gasteiger partial charge < -0.3 is 10.0 Å². The van der Waals surface area contributed by atoms with Crippen LogP contribution >= 0.6 is 46.0 Å². The molecule has 1 N–H and O–H groups in total. The summed E-state index contributed by atoms with van der Waals surface area (Å²) in [6, 6.07) is 4.27. The van der Waals surface area contributed by atoms with E-state index in [-0.39, 0.29) is 17.2 Å². The van der Waals surface area contributed by atoms with Crippen molar-refractivity contribution in [3.63, 3.8) is 0 Å². The van der Waals surface area contributed by atoms with Crippen LogP contribution in [0.4, 0.5) is 0 Å². The highest BCUT2D eigenvalue weighted by atomic mass is 127. The van der Waals surface area contributed by atoms with Crippen LogP contribution < -0.4 is 0 Å². The van der Waals surface area contributed by atoms with E-state index in [0.29, 0.717) is 16.3 Å². The third-order valence-electron chi connectivity index (χ3n) is 3.29. The topological polar surface area (TPSA) is 57.6 Å². The molecular weight excluding hydrogens is 425 g/mol. The molecule has 0 bridgehead atoms. The standard InChI is InChI=1S/C14H15ClINO3S/c1-7(2)13-17(11(6-21-13)14(19)20)12(18)8-3-4-10(16)9(15)5-8/h3-5,7,11,13H,6H2,1-2H3,(H,19,20). The monoisotopic (exact) mass is 439 g/mol. The highest BCUT2D eigenvalue weighted by molar-refractivity contribution is 14.1. The number of thioether (sulfide) groups is 1. The number of carbonyl (C=O) groups excluding carboxylic acids is 1. The van der Waals surface area contributed by atoms with E-state index in [0.717, 1.165) is 3.57 Å². The minimum atomic E-state index is -0.962. The summed E-state index contributed by atoms with van der Waals surface area (Å²) in [6.07, 6.45) is 0. The van der Waals surface area contributed by atoms with E-state index in [9.17, 15) is 14.7 Å². The fraction of sp³-hybridized carbons (Fsp3) is 0.429. The van der Waals surface area contributed by atoms with Crippen LogP contribution in [0.15, 0.2) is 18.2 Å². The highest BCUT2D eigenvalue weighted by Crippen LogP contribution is 2.35. The van der Waals surface area contributed by atoms with Gasteiger partial charge in [0.1, 0.15) is 6.04 Å². The Morgan fingerprint density at radius 3 is 2.67 bits per heavy atom. The molecule has 1 heterocycles. The largest absolute Gasteiger partial charge is 0.480 e. The summed E-state index contributed by atoms with van der Waals surface area (Å²) in [5, 5.41) is 9.72. The molecule has 1 aliphatic heterocycles. The van der Waals surface area contributed by atoms with Crippen molar-refractivity contribution < 1.29 is 14.7 Å². The Morgan fingerprint density at radius 1 is 1.48 bits per heavy atom. The molecule has 7 heteroatoms. The van der Waals surface area contributed by atoms with Gasteiger partial charge in [0.05, 0.1) is 10.4 Å². The van der Waals surface area contributed by atoms with Crippen molar-refractivity contribution in [2.24, 2.45) is 5.92 Å². The summed E-state index contributed by atoms with van der Waals surface area (Å²) < 4.78 is 0.858. The third-order valence-corrected chi connectivity index (χ3v) is 6.48. The molecule has 1 saturated heterocycles. The van der Waals surface area contributed by atoms with Crippen LogP contribution in [0, 0.1) is 9.49 Å². The number of halogens is 2. The quantitative estimate of drug-likeness (QED) is 0.732. The minimum absolute atomic E-state index is 0.128.